The maximum atomic E-state index is 12.4. The highest BCUT2D eigenvalue weighted by Crippen LogP contribution is 2.23. The number of aliphatic hydroxyl groups excluding tert-OH is 1. The van der Waals surface area contributed by atoms with E-state index in [1.165, 1.54) is 12.3 Å². The van der Waals surface area contributed by atoms with Gasteiger partial charge in [0.05, 0.1) is 17.0 Å². The number of aliphatic hydroxyl groups is 1. The molecule has 20 heavy (non-hydrogen) atoms. The van der Waals surface area contributed by atoms with Crippen molar-refractivity contribution in [2.24, 2.45) is 7.05 Å². The summed E-state index contributed by atoms with van der Waals surface area (Å²) >= 11 is 0. The van der Waals surface area contributed by atoms with E-state index in [4.69, 9.17) is 0 Å². The zero-order chi connectivity index (χ0) is 14.8. The van der Waals surface area contributed by atoms with Crippen molar-refractivity contribution < 1.29 is 13.5 Å². The van der Waals surface area contributed by atoms with Crippen LogP contribution in [0.4, 0.5) is 0 Å². The minimum Gasteiger partial charge on any atom is -0.394 e. The minimum atomic E-state index is -3.69. The second-order valence-corrected chi connectivity index (χ2v) is 6.66. The molecule has 5 nitrogen and oxygen atoms in total. The molecule has 2 rings (SSSR count). The van der Waals surface area contributed by atoms with Crippen LogP contribution in [-0.4, -0.2) is 24.7 Å². The SMILES string of the molecule is Cn1ccc(S(=O)(=O)NC(C)(CO)c2ccccc2)c1. The predicted molar refractivity (Wildman–Crippen MR) is 76.6 cm³/mol. The summed E-state index contributed by atoms with van der Waals surface area (Å²) in [6.07, 6.45) is 3.18. The molecule has 108 valence electrons. The van der Waals surface area contributed by atoms with E-state index in [1.807, 2.05) is 6.07 Å². The van der Waals surface area contributed by atoms with Gasteiger partial charge in [-0.25, -0.2) is 8.42 Å². The standard InChI is InChI=1S/C14H18N2O3S/c1-14(11-17,12-6-4-3-5-7-12)15-20(18,19)13-8-9-16(2)10-13/h3-10,15,17H,11H2,1-2H3. The van der Waals surface area contributed by atoms with Crippen molar-refractivity contribution in [2.75, 3.05) is 6.61 Å². The fraction of sp³-hybridized carbons (Fsp3) is 0.286. The fourth-order valence-corrected chi connectivity index (χ4v) is 3.42. The molecule has 0 fully saturated rings. The Morgan fingerprint density at radius 2 is 1.90 bits per heavy atom. The van der Waals surface area contributed by atoms with E-state index in [9.17, 15) is 13.5 Å². The van der Waals surface area contributed by atoms with Gasteiger partial charge in [0.2, 0.25) is 10.0 Å². The van der Waals surface area contributed by atoms with Crippen molar-refractivity contribution in [3.63, 3.8) is 0 Å². The Labute approximate surface area is 118 Å². The number of nitrogens with one attached hydrogen (secondary N) is 1. The highest BCUT2D eigenvalue weighted by molar-refractivity contribution is 7.89. The first-order chi connectivity index (χ1) is 9.37. The zero-order valence-corrected chi connectivity index (χ0v) is 12.3. The summed E-state index contributed by atoms with van der Waals surface area (Å²) < 4.78 is 28.9. The molecule has 1 heterocycles. The van der Waals surface area contributed by atoms with Gasteiger partial charge in [0.25, 0.3) is 0 Å². The minimum absolute atomic E-state index is 0.176. The molecule has 2 aromatic rings. The zero-order valence-electron chi connectivity index (χ0n) is 11.4. The topological polar surface area (TPSA) is 71.3 Å². The second-order valence-electron chi connectivity index (χ2n) is 4.97. The summed E-state index contributed by atoms with van der Waals surface area (Å²) in [6.45, 7) is 1.33. The highest BCUT2D eigenvalue weighted by atomic mass is 32.2. The summed E-state index contributed by atoms with van der Waals surface area (Å²) in [4.78, 5) is 0.176. The molecule has 0 radical (unpaired) electrons. The summed E-state index contributed by atoms with van der Waals surface area (Å²) in [5.41, 5.74) is -0.349. The fourth-order valence-electron chi connectivity index (χ4n) is 1.98. The Morgan fingerprint density at radius 1 is 1.25 bits per heavy atom. The molecule has 1 aromatic carbocycles. The van der Waals surface area contributed by atoms with E-state index in [1.54, 1.807) is 49.0 Å². The average Bonchev–Trinajstić information content (AvgIpc) is 2.87. The first-order valence-electron chi connectivity index (χ1n) is 6.20. The Kier molecular flexibility index (Phi) is 3.99. The van der Waals surface area contributed by atoms with Gasteiger partial charge in [0.15, 0.2) is 0 Å². The van der Waals surface area contributed by atoms with Crippen LogP contribution in [0.2, 0.25) is 0 Å². The van der Waals surface area contributed by atoms with Gasteiger partial charge in [-0.05, 0) is 18.6 Å². The number of hydrogen-bond acceptors (Lipinski definition) is 3. The van der Waals surface area contributed by atoms with Gasteiger partial charge in [-0.3, -0.25) is 0 Å². The van der Waals surface area contributed by atoms with Crippen LogP contribution in [0.5, 0.6) is 0 Å². The normalized spacial score (nSPS) is 14.9. The molecule has 0 saturated heterocycles. The van der Waals surface area contributed by atoms with Crippen LogP contribution < -0.4 is 4.72 Å². The third-order valence-electron chi connectivity index (χ3n) is 3.20. The van der Waals surface area contributed by atoms with Gasteiger partial charge in [0, 0.05) is 19.4 Å². The van der Waals surface area contributed by atoms with Crippen LogP contribution in [-0.2, 0) is 22.6 Å². The number of hydrogen-bond donors (Lipinski definition) is 2. The van der Waals surface area contributed by atoms with Crippen molar-refractivity contribution in [1.82, 2.24) is 9.29 Å². The van der Waals surface area contributed by atoms with Crippen LogP contribution in [0.15, 0.2) is 53.7 Å². The second kappa shape index (κ2) is 5.40. The van der Waals surface area contributed by atoms with Crippen molar-refractivity contribution >= 4 is 10.0 Å². The van der Waals surface area contributed by atoms with Gasteiger partial charge in [0.1, 0.15) is 0 Å². The third-order valence-corrected chi connectivity index (χ3v) is 4.78. The van der Waals surface area contributed by atoms with Crippen LogP contribution in [0.25, 0.3) is 0 Å². The van der Waals surface area contributed by atoms with E-state index in [0.717, 1.165) is 0 Å². The summed E-state index contributed by atoms with van der Waals surface area (Å²) in [6, 6.07) is 10.5. The first kappa shape index (κ1) is 14.8. The van der Waals surface area contributed by atoms with Crippen molar-refractivity contribution in [2.45, 2.75) is 17.4 Å². The molecule has 0 aliphatic rings. The summed E-state index contributed by atoms with van der Waals surface area (Å²) in [5, 5.41) is 9.62. The van der Waals surface area contributed by atoms with Gasteiger partial charge in [-0.2, -0.15) is 4.72 Å². The lowest BCUT2D eigenvalue weighted by Crippen LogP contribution is -2.46. The van der Waals surface area contributed by atoms with Gasteiger partial charge >= 0.3 is 0 Å². The van der Waals surface area contributed by atoms with Crippen molar-refractivity contribution in [3.8, 4) is 0 Å². The lowest BCUT2D eigenvalue weighted by molar-refractivity contribution is 0.196. The molecule has 1 atom stereocenters. The van der Waals surface area contributed by atoms with Gasteiger partial charge in [-0.1, -0.05) is 30.3 Å². The van der Waals surface area contributed by atoms with Crippen LogP contribution >= 0.6 is 0 Å². The molecular weight excluding hydrogens is 276 g/mol. The predicted octanol–water partition coefficient (Wildman–Crippen LogP) is 1.21. The molecular formula is C14H18N2O3S. The van der Waals surface area contributed by atoms with Crippen LogP contribution in [0.3, 0.4) is 0 Å². The Bertz CT molecular complexity index is 679. The molecule has 0 aliphatic carbocycles. The Hall–Kier alpha value is -1.63. The van der Waals surface area contributed by atoms with Gasteiger partial charge < -0.3 is 9.67 Å². The molecule has 1 unspecified atom stereocenters. The maximum Gasteiger partial charge on any atom is 0.242 e. The Balaban J connectivity index is 2.35. The first-order valence-corrected chi connectivity index (χ1v) is 7.68. The molecule has 2 N–H and O–H groups in total. The molecule has 6 heteroatoms. The largest absolute Gasteiger partial charge is 0.394 e. The molecule has 0 aliphatic heterocycles. The highest BCUT2D eigenvalue weighted by Gasteiger charge is 2.32. The molecule has 1 aromatic heterocycles. The van der Waals surface area contributed by atoms with E-state index in [-0.39, 0.29) is 11.5 Å². The van der Waals surface area contributed by atoms with Crippen molar-refractivity contribution in [1.29, 1.82) is 0 Å². The molecule has 0 spiro atoms. The quantitative estimate of drug-likeness (QED) is 0.871. The number of nitrogens with zero attached hydrogens (tertiary/aromatic N) is 1. The van der Waals surface area contributed by atoms with Crippen molar-refractivity contribution in [3.05, 3.63) is 54.4 Å². The van der Waals surface area contributed by atoms with E-state index in [0.29, 0.717) is 5.56 Å². The van der Waals surface area contributed by atoms with E-state index < -0.39 is 15.6 Å². The Morgan fingerprint density at radius 3 is 2.40 bits per heavy atom. The number of aromatic nitrogens is 1. The molecule has 0 bridgehead atoms. The summed E-state index contributed by atoms with van der Waals surface area (Å²) in [7, 11) is -1.94. The maximum absolute atomic E-state index is 12.4. The van der Waals surface area contributed by atoms with E-state index in [2.05, 4.69) is 4.72 Å². The number of rotatable bonds is 5. The van der Waals surface area contributed by atoms with Crippen LogP contribution in [0.1, 0.15) is 12.5 Å². The molecule has 0 saturated carbocycles. The van der Waals surface area contributed by atoms with E-state index >= 15 is 0 Å². The third kappa shape index (κ3) is 2.92. The lowest BCUT2D eigenvalue weighted by Gasteiger charge is -2.28. The number of sulfonamides is 1. The average molecular weight is 294 g/mol. The number of benzene rings is 1. The van der Waals surface area contributed by atoms with Crippen LogP contribution in [0, 0.1) is 0 Å². The smallest absolute Gasteiger partial charge is 0.242 e. The summed E-state index contributed by atoms with van der Waals surface area (Å²) in [5.74, 6) is 0. The monoisotopic (exact) mass is 294 g/mol. The lowest BCUT2D eigenvalue weighted by atomic mass is 9.94. The number of aryl methyl sites for hydroxylation is 1. The molecule has 0 amide bonds. The van der Waals surface area contributed by atoms with Gasteiger partial charge in [-0.15, -0.1) is 0 Å².